The van der Waals surface area contributed by atoms with Gasteiger partial charge in [0, 0.05) is 16.5 Å². The Hall–Kier alpha value is -3.30. The van der Waals surface area contributed by atoms with E-state index in [9.17, 15) is 0 Å². The first-order valence-electron chi connectivity index (χ1n) is 8.10. The van der Waals surface area contributed by atoms with Crippen molar-refractivity contribution < 1.29 is 14.2 Å². The maximum Gasteiger partial charge on any atom is 0.203 e. The Morgan fingerprint density at radius 3 is 2.26 bits per heavy atom. The van der Waals surface area contributed by atoms with E-state index in [1.807, 2.05) is 47.8 Å². The van der Waals surface area contributed by atoms with Gasteiger partial charge >= 0.3 is 0 Å². The lowest BCUT2D eigenvalue weighted by Gasteiger charge is -2.15. The van der Waals surface area contributed by atoms with Crippen molar-refractivity contribution in [3.8, 4) is 27.8 Å². The predicted molar refractivity (Wildman–Crippen MR) is 107 cm³/mol. The molecule has 1 aromatic heterocycles. The summed E-state index contributed by atoms with van der Waals surface area (Å²) in [7, 11) is 4.69. The molecule has 6 heteroatoms. The first-order chi connectivity index (χ1) is 13.2. The molecule has 0 saturated heterocycles. The van der Waals surface area contributed by atoms with Gasteiger partial charge in [0.05, 0.1) is 33.6 Å². The molecule has 136 valence electrons. The monoisotopic (exact) mass is 378 g/mol. The van der Waals surface area contributed by atoms with Gasteiger partial charge in [-0.25, -0.2) is 9.83 Å². The lowest BCUT2D eigenvalue weighted by Crippen LogP contribution is -1.98. The summed E-state index contributed by atoms with van der Waals surface area (Å²) in [6, 6.07) is 13.6. The van der Waals surface area contributed by atoms with Crippen LogP contribution >= 0.6 is 11.3 Å². The van der Waals surface area contributed by atoms with Gasteiger partial charge in [-0.2, -0.15) is 0 Å². The Bertz CT molecular complexity index is 979. The molecule has 0 saturated carbocycles. The van der Waals surface area contributed by atoms with Gasteiger partial charge in [-0.3, -0.25) is 0 Å². The van der Waals surface area contributed by atoms with Gasteiger partial charge in [0.25, 0.3) is 0 Å². The number of nitrogens with zero attached hydrogens (tertiary/aromatic N) is 2. The molecule has 5 nitrogen and oxygen atoms in total. The van der Waals surface area contributed by atoms with E-state index in [0.29, 0.717) is 22.8 Å². The number of methoxy groups -OCH3 is 3. The van der Waals surface area contributed by atoms with Crippen LogP contribution in [0.15, 0.2) is 54.0 Å². The lowest BCUT2D eigenvalue weighted by molar-refractivity contribution is 0.324. The molecule has 0 bridgehead atoms. The molecule has 3 aromatic rings. The largest absolute Gasteiger partial charge is 0.493 e. The van der Waals surface area contributed by atoms with E-state index >= 15 is 0 Å². The Morgan fingerprint density at radius 1 is 1.04 bits per heavy atom. The van der Waals surface area contributed by atoms with Crippen molar-refractivity contribution in [1.29, 1.82) is 0 Å². The van der Waals surface area contributed by atoms with Crippen LogP contribution < -0.4 is 14.2 Å². The number of benzene rings is 2. The van der Waals surface area contributed by atoms with E-state index in [-0.39, 0.29) is 0 Å². The highest BCUT2D eigenvalue weighted by Gasteiger charge is 2.17. The second kappa shape index (κ2) is 8.39. The first kappa shape index (κ1) is 18.5. The van der Waals surface area contributed by atoms with Gasteiger partial charge in [-0.1, -0.05) is 30.3 Å². The Labute approximate surface area is 162 Å². The lowest BCUT2D eigenvalue weighted by atomic mass is 10.0. The van der Waals surface area contributed by atoms with Crippen LogP contribution in [0.4, 0.5) is 0 Å². The highest BCUT2D eigenvalue weighted by atomic mass is 32.1. The fourth-order valence-electron chi connectivity index (χ4n) is 2.70. The molecule has 0 aliphatic carbocycles. The number of aromatic nitrogens is 1. The Balaban J connectivity index is 2.09. The van der Waals surface area contributed by atoms with Gasteiger partial charge in [0.1, 0.15) is 5.01 Å². The molecule has 2 aromatic carbocycles. The molecule has 27 heavy (non-hydrogen) atoms. The highest BCUT2D eigenvalue weighted by molar-refractivity contribution is 7.13. The molecule has 1 heterocycles. The van der Waals surface area contributed by atoms with E-state index in [2.05, 4.69) is 4.85 Å². The maximum atomic E-state index is 7.32. The molecule has 0 atom stereocenters. The zero-order chi connectivity index (χ0) is 19.2. The third kappa shape index (κ3) is 3.78. The van der Waals surface area contributed by atoms with Crippen LogP contribution in [0.2, 0.25) is 0 Å². The molecule has 0 unspecified atom stereocenters. The standard InChI is InChI=1S/C21H18N2O3S/c1-22-12-16(15-10-18(24-2)20(26-4)19(11-15)25-3)17-13-27-21(23-17)14-8-6-5-7-9-14/h5-13H,2-4H3. The van der Waals surface area contributed by atoms with Crippen LogP contribution in [0.5, 0.6) is 17.2 Å². The molecule has 0 aliphatic heterocycles. The van der Waals surface area contributed by atoms with Gasteiger partial charge < -0.3 is 14.2 Å². The van der Waals surface area contributed by atoms with Gasteiger partial charge in [0.15, 0.2) is 17.7 Å². The zero-order valence-electron chi connectivity index (χ0n) is 15.2. The molecule has 0 aliphatic rings. The summed E-state index contributed by atoms with van der Waals surface area (Å²) in [5.74, 6) is 1.57. The quantitative estimate of drug-likeness (QED) is 0.557. The fourth-order valence-corrected chi connectivity index (χ4v) is 3.53. The highest BCUT2D eigenvalue weighted by Crippen LogP contribution is 2.41. The van der Waals surface area contributed by atoms with Gasteiger partial charge in [-0.15, -0.1) is 11.3 Å². The van der Waals surface area contributed by atoms with E-state index in [1.165, 1.54) is 17.5 Å². The number of hydrogen-bond donors (Lipinski definition) is 0. The summed E-state index contributed by atoms with van der Waals surface area (Å²) in [4.78, 5) is 8.19. The third-order valence-electron chi connectivity index (χ3n) is 3.97. The number of rotatable bonds is 6. The third-order valence-corrected chi connectivity index (χ3v) is 4.86. The SMILES string of the molecule is [C-]#[N+]C=C(c1cc(OC)c(OC)c(OC)c1)c1csc(-c2ccccc2)n1. The Kier molecular flexibility index (Phi) is 5.74. The van der Waals surface area contributed by atoms with E-state index < -0.39 is 0 Å². The van der Waals surface area contributed by atoms with E-state index in [1.54, 1.807) is 21.3 Å². The number of thiazole rings is 1. The minimum absolute atomic E-state index is 0.508. The smallest absolute Gasteiger partial charge is 0.203 e. The maximum absolute atomic E-state index is 7.32. The summed E-state index contributed by atoms with van der Waals surface area (Å²) in [5, 5.41) is 2.84. The molecule has 3 rings (SSSR count). The fraction of sp³-hybridized carbons (Fsp3) is 0.143. The summed E-state index contributed by atoms with van der Waals surface area (Å²) in [6.45, 7) is 7.32. The van der Waals surface area contributed by atoms with Crippen molar-refractivity contribution >= 4 is 16.9 Å². The minimum atomic E-state index is 0.508. The average molecular weight is 378 g/mol. The van der Waals surface area contributed by atoms with Crippen molar-refractivity contribution in [3.05, 3.63) is 76.7 Å². The van der Waals surface area contributed by atoms with Crippen molar-refractivity contribution in [2.24, 2.45) is 0 Å². The second-order valence-corrected chi connectivity index (χ2v) is 6.35. The molecule has 0 fully saturated rings. The molecule has 0 spiro atoms. The first-order valence-corrected chi connectivity index (χ1v) is 8.98. The van der Waals surface area contributed by atoms with Crippen LogP contribution in [-0.2, 0) is 0 Å². The predicted octanol–water partition coefficient (Wildman–Crippen LogP) is 5.14. The molecule has 0 amide bonds. The number of ether oxygens (including phenoxy) is 3. The van der Waals surface area contributed by atoms with Crippen molar-refractivity contribution in [2.75, 3.05) is 21.3 Å². The van der Waals surface area contributed by atoms with Crippen LogP contribution in [0.3, 0.4) is 0 Å². The average Bonchev–Trinajstić information content (AvgIpc) is 3.21. The number of hydrogen-bond acceptors (Lipinski definition) is 5. The molecule has 0 radical (unpaired) electrons. The summed E-state index contributed by atoms with van der Waals surface area (Å²) in [5.41, 5.74) is 3.23. The normalized spacial score (nSPS) is 11.0. The van der Waals surface area contributed by atoms with Crippen molar-refractivity contribution in [2.45, 2.75) is 0 Å². The summed E-state index contributed by atoms with van der Waals surface area (Å²) in [6.07, 6.45) is 1.46. The molecule has 0 N–H and O–H groups in total. The van der Waals surface area contributed by atoms with Crippen LogP contribution in [0.25, 0.3) is 21.0 Å². The van der Waals surface area contributed by atoms with Crippen molar-refractivity contribution in [3.63, 3.8) is 0 Å². The minimum Gasteiger partial charge on any atom is -0.493 e. The zero-order valence-corrected chi connectivity index (χ0v) is 16.0. The van der Waals surface area contributed by atoms with Gasteiger partial charge in [0.2, 0.25) is 5.75 Å². The summed E-state index contributed by atoms with van der Waals surface area (Å²) >= 11 is 1.54. The van der Waals surface area contributed by atoms with Crippen LogP contribution in [-0.4, -0.2) is 26.3 Å². The molecular formula is C21H18N2O3S. The Morgan fingerprint density at radius 2 is 1.70 bits per heavy atom. The molecular weight excluding hydrogens is 360 g/mol. The van der Waals surface area contributed by atoms with E-state index in [4.69, 9.17) is 25.8 Å². The van der Waals surface area contributed by atoms with Crippen molar-refractivity contribution in [1.82, 2.24) is 4.98 Å². The van der Waals surface area contributed by atoms with Gasteiger partial charge in [-0.05, 0) is 17.7 Å². The summed E-state index contributed by atoms with van der Waals surface area (Å²) < 4.78 is 16.2. The van der Waals surface area contributed by atoms with Crippen LogP contribution in [0, 0.1) is 6.57 Å². The second-order valence-electron chi connectivity index (χ2n) is 5.49. The van der Waals surface area contributed by atoms with Crippen LogP contribution in [0.1, 0.15) is 11.3 Å². The topological polar surface area (TPSA) is 44.9 Å². The van der Waals surface area contributed by atoms with E-state index in [0.717, 1.165) is 21.8 Å².